The molecular weight excluding hydrogens is 454 g/mol. The Morgan fingerprint density at radius 3 is 2.52 bits per heavy atom. The number of aromatic amines is 1. The predicted molar refractivity (Wildman–Crippen MR) is 111 cm³/mol. The monoisotopic (exact) mass is 482 g/mol. The lowest BCUT2D eigenvalue weighted by atomic mass is 10.1. The summed E-state index contributed by atoms with van der Waals surface area (Å²) in [5.74, 6) is 0.394. The summed E-state index contributed by atoms with van der Waals surface area (Å²) in [4.78, 5) is 45.8. The van der Waals surface area contributed by atoms with Crippen LogP contribution in [0.2, 0.25) is 0 Å². The molecule has 14 heteroatoms. The summed E-state index contributed by atoms with van der Waals surface area (Å²) in [5.41, 5.74) is -1.35. The fraction of sp³-hybridized carbons (Fsp3) is 0.647. The maximum atomic E-state index is 12.6. The minimum atomic E-state index is -4.55. The smallest absolute Gasteiger partial charge is 0.378 e. The van der Waals surface area contributed by atoms with E-state index in [1.54, 1.807) is 13.8 Å². The first-order valence-electron chi connectivity index (χ1n) is 9.54. The zero-order valence-corrected chi connectivity index (χ0v) is 19.4. The van der Waals surface area contributed by atoms with Crippen molar-refractivity contribution in [1.82, 2.24) is 9.55 Å². The van der Waals surface area contributed by atoms with E-state index in [1.165, 1.54) is 19.4 Å². The van der Waals surface area contributed by atoms with Gasteiger partial charge >= 0.3 is 21.1 Å². The molecule has 12 nitrogen and oxygen atoms in total. The second kappa shape index (κ2) is 10.5. The molecule has 31 heavy (non-hydrogen) atoms. The standard InChI is InChI=1S/C17H28N2O10P2/c1-5-11(2)28-31(24,25)29-16-13(19-8-6-14(20)18-17(19)21)10-12(15(16)26-3)7-9-30(22,23)27-4/h6-9,11-13,15-16H,5,10H2,1-4H3,(H,22,23)(H,24,25)(H,18,20,21)/b9-7+/t11?,12-,13+,15+,16-/m0/s1. The topological polar surface area (TPSA) is 166 Å². The molecule has 0 saturated heterocycles. The highest BCUT2D eigenvalue weighted by atomic mass is 31.2. The molecule has 3 unspecified atom stereocenters. The predicted octanol–water partition coefficient (Wildman–Crippen LogP) is 1.76. The Kier molecular flexibility index (Phi) is 8.77. The molecule has 1 aromatic heterocycles. The van der Waals surface area contributed by atoms with E-state index < -0.39 is 56.9 Å². The molecule has 0 aliphatic heterocycles. The first-order chi connectivity index (χ1) is 14.4. The maximum absolute atomic E-state index is 12.6. The number of aromatic nitrogens is 2. The van der Waals surface area contributed by atoms with Gasteiger partial charge in [-0.25, -0.2) is 9.36 Å². The molecule has 176 valence electrons. The zero-order valence-electron chi connectivity index (χ0n) is 17.6. The molecule has 1 aliphatic rings. The molecule has 1 saturated carbocycles. The van der Waals surface area contributed by atoms with E-state index >= 15 is 0 Å². The number of rotatable bonds is 10. The first kappa shape index (κ1) is 25.9. The van der Waals surface area contributed by atoms with Gasteiger partial charge in [-0.2, -0.15) is 0 Å². The molecule has 0 amide bonds. The highest BCUT2D eigenvalue weighted by molar-refractivity contribution is 7.56. The van der Waals surface area contributed by atoms with Crippen LogP contribution in [0.15, 0.2) is 33.7 Å². The van der Waals surface area contributed by atoms with Gasteiger partial charge in [0, 0.05) is 38.2 Å². The fourth-order valence-corrected chi connectivity index (χ4v) is 5.14. The third-order valence-corrected chi connectivity index (χ3v) is 7.25. The number of H-pyrrole nitrogens is 1. The Morgan fingerprint density at radius 1 is 1.29 bits per heavy atom. The number of hydrogen-bond acceptors (Lipinski definition) is 8. The van der Waals surface area contributed by atoms with Gasteiger partial charge in [0.15, 0.2) is 0 Å². The van der Waals surface area contributed by atoms with Gasteiger partial charge in [0.25, 0.3) is 5.56 Å². The number of ether oxygens (including phenoxy) is 1. The highest BCUT2D eigenvalue weighted by Crippen LogP contribution is 2.52. The van der Waals surface area contributed by atoms with Gasteiger partial charge < -0.3 is 19.0 Å². The zero-order chi connectivity index (χ0) is 23.4. The molecule has 1 heterocycles. The highest BCUT2D eigenvalue weighted by Gasteiger charge is 2.48. The summed E-state index contributed by atoms with van der Waals surface area (Å²) in [6.45, 7) is 3.37. The molecule has 1 aromatic rings. The fourth-order valence-electron chi connectivity index (χ4n) is 3.36. The molecular formula is C17H28N2O10P2. The molecule has 2 rings (SSSR count). The van der Waals surface area contributed by atoms with Crippen molar-refractivity contribution in [2.24, 2.45) is 5.92 Å². The molecule has 0 spiro atoms. The lowest BCUT2D eigenvalue weighted by molar-refractivity contribution is -0.0251. The van der Waals surface area contributed by atoms with Crippen molar-refractivity contribution in [2.45, 2.75) is 51.0 Å². The Hall–Kier alpha value is -1.36. The number of hydrogen-bond donors (Lipinski definition) is 3. The molecule has 0 radical (unpaired) electrons. The van der Waals surface area contributed by atoms with Gasteiger partial charge in [-0.15, -0.1) is 0 Å². The SMILES string of the molecule is CCC(C)OP(=O)(O)O[C@@H]1[C@H](OC)[C@@H](/C=C/P(=O)(O)OC)C[C@H]1n1ccc(=O)[nH]c1=O. The van der Waals surface area contributed by atoms with E-state index in [9.17, 15) is 28.5 Å². The van der Waals surface area contributed by atoms with Crippen molar-refractivity contribution >= 4 is 15.4 Å². The number of phosphoric acid groups is 1. The van der Waals surface area contributed by atoms with Gasteiger partial charge in [0.05, 0.1) is 18.2 Å². The van der Waals surface area contributed by atoms with Gasteiger partial charge in [-0.05, 0) is 19.8 Å². The number of methoxy groups -OCH3 is 1. The molecule has 1 fully saturated rings. The molecule has 1 aliphatic carbocycles. The molecule has 7 atom stereocenters. The van der Waals surface area contributed by atoms with Crippen LogP contribution in [0.5, 0.6) is 0 Å². The van der Waals surface area contributed by atoms with Crippen LogP contribution in [0.1, 0.15) is 32.7 Å². The first-order valence-corrected chi connectivity index (χ1v) is 12.7. The van der Waals surface area contributed by atoms with Crippen LogP contribution in [0, 0.1) is 5.92 Å². The second-order valence-electron chi connectivity index (χ2n) is 7.14. The number of nitrogens with zero attached hydrogens (tertiary/aromatic N) is 1. The van der Waals surface area contributed by atoms with Gasteiger partial charge in [-0.1, -0.05) is 13.0 Å². The minimum absolute atomic E-state index is 0.138. The Morgan fingerprint density at radius 2 is 1.97 bits per heavy atom. The average Bonchev–Trinajstić information content (AvgIpc) is 3.02. The third kappa shape index (κ3) is 6.81. The molecule has 3 N–H and O–H groups in total. The largest absolute Gasteiger partial charge is 0.472 e. The van der Waals surface area contributed by atoms with Crippen LogP contribution < -0.4 is 11.2 Å². The van der Waals surface area contributed by atoms with E-state index in [0.29, 0.717) is 6.42 Å². The lowest BCUT2D eigenvalue weighted by Crippen LogP contribution is -2.38. The van der Waals surface area contributed by atoms with E-state index in [4.69, 9.17) is 13.8 Å². The van der Waals surface area contributed by atoms with Gasteiger partial charge in [-0.3, -0.25) is 28.0 Å². The minimum Gasteiger partial charge on any atom is -0.378 e. The number of nitrogens with one attached hydrogen (secondary N) is 1. The van der Waals surface area contributed by atoms with Crippen molar-refractivity contribution in [2.75, 3.05) is 14.2 Å². The van der Waals surface area contributed by atoms with Gasteiger partial charge in [0.2, 0.25) is 0 Å². The van der Waals surface area contributed by atoms with Crippen molar-refractivity contribution in [3.8, 4) is 0 Å². The average molecular weight is 482 g/mol. The van der Waals surface area contributed by atoms with E-state index in [2.05, 4.69) is 9.51 Å². The lowest BCUT2D eigenvalue weighted by Gasteiger charge is -2.28. The quantitative estimate of drug-likeness (QED) is 0.418. The summed E-state index contributed by atoms with van der Waals surface area (Å²) in [5, 5.41) is 0. The summed E-state index contributed by atoms with van der Waals surface area (Å²) >= 11 is 0. The Bertz CT molecular complexity index is 990. The van der Waals surface area contributed by atoms with Crippen molar-refractivity contribution in [1.29, 1.82) is 0 Å². The van der Waals surface area contributed by atoms with Crippen LogP contribution in [0.4, 0.5) is 0 Å². The Labute approximate surface area is 179 Å². The summed E-state index contributed by atoms with van der Waals surface area (Å²) < 4.78 is 46.1. The normalized spacial score (nSPS) is 29.0. The van der Waals surface area contributed by atoms with Crippen LogP contribution in [0.3, 0.4) is 0 Å². The summed E-state index contributed by atoms with van der Waals surface area (Å²) in [6.07, 6.45) is 0.628. The third-order valence-electron chi connectivity index (χ3n) is 5.05. The van der Waals surface area contributed by atoms with E-state index in [1.807, 2.05) is 0 Å². The Balaban J connectivity index is 2.46. The van der Waals surface area contributed by atoms with Crippen LogP contribution in [-0.2, 0) is 27.4 Å². The summed E-state index contributed by atoms with van der Waals surface area (Å²) in [6, 6.07) is 0.287. The van der Waals surface area contributed by atoms with Crippen molar-refractivity contribution in [3.05, 3.63) is 45.0 Å². The van der Waals surface area contributed by atoms with Crippen molar-refractivity contribution < 1.29 is 37.2 Å². The van der Waals surface area contributed by atoms with Gasteiger partial charge in [0.1, 0.15) is 6.10 Å². The van der Waals surface area contributed by atoms with Crippen LogP contribution in [0.25, 0.3) is 0 Å². The molecule has 0 bridgehead atoms. The van der Waals surface area contributed by atoms with E-state index in [-0.39, 0.29) is 6.42 Å². The molecule has 0 aromatic carbocycles. The van der Waals surface area contributed by atoms with Crippen LogP contribution in [-0.4, -0.2) is 51.9 Å². The van der Waals surface area contributed by atoms with Crippen LogP contribution >= 0.6 is 15.4 Å². The summed E-state index contributed by atoms with van der Waals surface area (Å²) in [7, 11) is -6.11. The second-order valence-corrected chi connectivity index (χ2v) is 10.3. The van der Waals surface area contributed by atoms with Crippen molar-refractivity contribution in [3.63, 3.8) is 0 Å². The van der Waals surface area contributed by atoms with E-state index in [0.717, 1.165) is 23.6 Å². The maximum Gasteiger partial charge on any atom is 0.472 e. The number of phosphoric ester groups is 1.